The average Bonchev–Trinajstić information content (AvgIpc) is 2.59. The Morgan fingerprint density at radius 3 is 2.52 bits per heavy atom. The molecule has 0 fully saturated rings. The molecule has 0 spiro atoms. The molecule has 0 N–H and O–H groups in total. The van der Waals surface area contributed by atoms with Gasteiger partial charge in [0.2, 0.25) is 0 Å². The van der Waals surface area contributed by atoms with Crippen LogP contribution in [0.1, 0.15) is 59.0 Å². The molecule has 1 aliphatic heterocycles. The Morgan fingerprint density at radius 1 is 1.19 bits per heavy atom. The van der Waals surface area contributed by atoms with Gasteiger partial charge in [0.05, 0.1) is 12.2 Å². The van der Waals surface area contributed by atoms with E-state index in [4.69, 9.17) is 4.74 Å². The zero-order valence-corrected chi connectivity index (χ0v) is 16.2. The minimum Gasteiger partial charge on any atom is -0.462 e. The number of hydrogen-bond donors (Lipinski definition) is 0. The minimum absolute atomic E-state index is 0.102. The molecule has 0 amide bonds. The van der Waals surface area contributed by atoms with E-state index in [1.54, 1.807) is 30.8 Å². The second-order valence-corrected chi connectivity index (χ2v) is 8.59. The highest BCUT2D eigenvalue weighted by atomic mass is 32.2. The lowest BCUT2D eigenvalue weighted by atomic mass is 9.98. The van der Waals surface area contributed by atoms with Crippen LogP contribution in [0.5, 0.6) is 0 Å². The van der Waals surface area contributed by atoms with Crippen molar-refractivity contribution >= 4 is 23.5 Å². The van der Waals surface area contributed by atoms with Crippen molar-refractivity contribution in [1.29, 1.82) is 0 Å². The van der Waals surface area contributed by atoms with Gasteiger partial charge in [0.25, 0.3) is 0 Å². The number of carbonyl (C=O) groups excluding carboxylic acids is 2. The van der Waals surface area contributed by atoms with Gasteiger partial charge in [0, 0.05) is 32.8 Å². The van der Waals surface area contributed by atoms with Gasteiger partial charge in [-0.15, -0.1) is 11.8 Å². The molecule has 0 bridgehead atoms. The molecule has 0 unspecified atom stereocenters. The number of carbonyl (C=O) groups is 2. The lowest BCUT2D eigenvalue weighted by molar-refractivity contribution is 0.0521. The summed E-state index contributed by atoms with van der Waals surface area (Å²) in [5.74, 6) is 4.59. The molecule has 138 valence electrons. The summed E-state index contributed by atoms with van der Waals surface area (Å²) in [6, 6.07) is 9.71. The molecule has 1 heterocycles. The normalized spacial score (nSPS) is 14.7. The van der Waals surface area contributed by atoms with Crippen LogP contribution in [0.15, 0.2) is 41.3 Å². The first kappa shape index (κ1) is 19.2. The predicted octanol–water partition coefficient (Wildman–Crippen LogP) is 4.86. The van der Waals surface area contributed by atoms with E-state index in [2.05, 4.69) is 25.7 Å². The van der Waals surface area contributed by atoms with E-state index < -0.39 is 11.8 Å². The molecule has 27 heavy (non-hydrogen) atoms. The third kappa shape index (κ3) is 4.40. The van der Waals surface area contributed by atoms with E-state index in [0.717, 1.165) is 4.90 Å². The summed E-state index contributed by atoms with van der Waals surface area (Å²) in [6.45, 7) is 5.96. The zero-order chi connectivity index (χ0) is 19.6. The van der Waals surface area contributed by atoms with Gasteiger partial charge in [-0.2, -0.15) is 0 Å². The molecular formula is C22H19FO3S. The van der Waals surface area contributed by atoms with Crippen molar-refractivity contribution in [3.05, 3.63) is 64.5 Å². The molecule has 0 aliphatic carbocycles. The summed E-state index contributed by atoms with van der Waals surface area (Å²) in [4.78, 5) is 25.0. The van der Waals surface area contributed by atoms with Crippen LogP contribution in [0.2, 0.25) is 0 Å². The number of thioether (sulfide) groups is 1. The Bertz CT molecular complexity index is 983. The third-order valence-corrected chi connectivity index (χ3v) is 5.34. The number of halogens is 1. The highest BCUT2D eigenvalue weighted by Crippen LogP contribution is 2.42. The number of benzene rings is 2. The first-order chi connectivity index (χ1) is 12.8. The highest BCUT2D eigenvalue weighted by Gasteiger charge is 2.31. The summed E-state index contributed by atoms with van der Waals surface area (Å²) in [7, 11) is 0. The second kappa shape index (κ2) is 7.58. The first-order valence-electron chi connectivity index (χ1n) is 8.64. The molecule has 0 radical (unpaired) electrons. The van der Waals surface area contributed by atoms with E-state index in [0.29, 0.717) is 23.1 Å². The van der Waals surface area contributed by atoms with Crippen molar-refractivity contribution in [3.63, 3.8) is 0 Å². The van der Waals surface area contributed by atoms with Crippen molar-refractivity contribution in [1.82, 2.24) is 0 Å². The maximum Gasteiger partial charge on any atom is 0.341 e. The van der Waals surface area contributed by atoms with Gasteiger partial charge in [-0.25, -0.2) is 9.18 Å². The van der Waals surface area contributed by atoms with Gasteiger partial charge >= 0.3 is 5.97 Å². The lowest BCUT2D eigenvalue weighted by Gasteiger charge is -2.29. The van der Waals surface area contributed by atoms with Crippen LogP contribution in [0, 0.1) is 17.7 Å². The summed E-state index contributed by atoms with van der Waals surface area (Å²) < 4.78 is 18.8. The highest BCUT2D eigenvalue weighted by molar-refractivity contribution is 8.00. The smallest absolute Gasteiger partial charge is 0.341 e. The Balaban J connectivity index is 1.85. The van der Waals surface area contributed by atoms with Crippen LogP contribution < -0.4 is 0 Å². The number of ketones is 1. The maximum absolute atomic E-state index is 14.1. The van der Waals surface area contributed by atoms with Gasteiger partial charge < -0.3 is 4.74 Å². The Kier molecular flexibility index (Phi) is 5.38. The molecule has 0 aromatic heterocycles. The van der Waals surface area contributed by atoms with Gasteiger partial charge in [-0.05, 0) is 57.2 Å². The van der Waals surface area contributed by atoms with Crippen molar-refractivity contribution in [2.24, 2.45) is 0 Å². The fourth-order valence-corrected chi connectivity index (χ4v) is 4.06. The van der Waals surface area contributed by atoms with Crippen LogP contribution in [0.3, 0.4) is 0 Å². The SMILES string of the molecule is CCOC(=O)c1ccc(C#Cc2ccc3c(c2)C(=O)CC(C)(C)S3)cc1F. The van der Waals surface area contributed by atoms with Gasteiger partial charge in [0.1, 0.15) is 5.82 Å². The van der Waals surface area contributed by atoms with Crippen LogP contribution in [-0.2, 0) is 4.74 Å². The largest absolute Gasteiger partial charge is 0.462 e. The van der Waals surface area contributed by atoms with Gasteiger partial charge in [0.15, 0.2) is 5.78 Å². The Hall–Kier alpha value is -2.58. The summed E-state index contributed by atoms with van der Waals surface area (Å²) in [6.07, 6.45) is 0.488. The van der Waals surface area contributed by atoms with E-state index in [1.807, 2.05) is 12.1 Å². The van der Waals surface area contributed by atoms with Crippen LogP contribution in [0.4, 0.5) is 4.39 Å². The zero-order valence-electron chi connectivity index (χ0n) is 15.4. The first-order valence-corrected chi connectivity index (χ1v) is 9.46. The van der Waals surface area contributed by atoms with E-state index >= 15 is 0 Å². The monoisotopic (exact) mass is 382 g/mol. The van der Waals surface area contributed by atoms with Gasteiger partial charge in [-0.1, -0.05) is 11.8 Å². The molecule has 2 aromatic carbocycles. The molecule has 0 atom stereocenters. The van der Waals surface area contributed by atoms with E-state index in [1.165, 1.54) is 12.1 Å². The standard InChI is InChI=1S/C22H19FO3S/c1-4-26-21(25)16-9-7-15(12-18(16)23)6-5-14-8-10-20-17(11-14)19(24)13-22(2,3)27-20/h7-12H,4,13H2,1-3H3. The third-order valence-electron chi connectivity index (χ3n) is 4.07. The number of rotatable bonds is 2. The molecule has 3 rings (SSSR count). The molecule has 0 saturated carbocycles. The quantitative estimate of drug-likeness (QED) is 0.550. The van der Waals surface area contributed by atoms with Crippen molar-refractivity contribution in [2.75, 3.05) is 6.61 Å². The topological polar surface area (TPSA) is 43.4 Å². The van der Waals surface area contributed by atoms with Crippen LogP contribution in [0.25, 0.3) is 0 Å². The molecule has 1 aliphatic rings. The molecule has 3 nitrogen and oxygen atoms in total. The van der Waals surface area contributed by atoms with Crippen LogP contribution >= 0.6 is 11.8 Å². The van der Waals surface area contributed by atoms with E-state index in [-0.39, 0.29) is 22.7 Å². The minimum atomic E-state index is -0.692. The number of hydrogen-bond acceptors (Lipinski definition) is 4. The van der Waals surface area contributed by atoms with E-state index in [9.17, 15) is 14.0 Å². The summed E-state index contributed by atoms with van der Waals surface area (Å²) in [5, 5.41) is 0. The average molecular weight is 382 g/mol. The van der Waals surface area contributed by atoms with Crippen molar-refractivity contribution < 1.29 is 18.7 Å². The Morgan fingerprint density at radius 2 is 1.85 bits per heavy atom. The Labute approximate surface area is 162 Å². The fraction of sp³-hybridized carbons (Fsp3) is 0.273. The predicted molar refractivity (Wildman–Crippen MR) is 104 cm³/mol. The summed E-state index contributed by atoms with van der Waals surface area (Å²) in [5.41, 5.74) is 1.72. The lowest BCUT2D eigenvalue weighted by Crippen LogP contribution is -2.25. The number of Topliss-reactive ketones (excluding diaryl/α,β-unsaturated/α-hetero) is 1. The molecule has 2 aromatic rings. The second-order valence-electron chi connectivity index (χ2n) is 6.84. The number of ether oxygens (including phenoxy) is 1. The number of esters is 1. The fourth-order valence-electron chi connectivity index (χ4n) is 2.84. The number of fused-ring (bicyclic) bond motifs is 1. The molecular weight excluding hydrogens is 363 g/mol. The van der Waals surface area contributed by atoms with Gasteiger partial charge in [-0.3, -0.25) is 4.79 Å². The van der Waals surface area contributed by atoms with Crippen molar-refractivity contribution in [2.45, 2.75) is 36.8 Å². The molecule has 0 saturated heterocycles. The maximum atomic E-state index is 14.1. The van der Waals surface area contributed by atoms with Crippen LogP contribution in [-0.4, -0.2) is 23.1 Å². The molecule has 5 heteroatoms. The summed E-state index contributed by atoms with van der Waals surface area (Å²) >= 11 is 1.69. The van der Waals surface area contributed by atoms with Crippen molar-refractivity contribution in [3.8, 4) is 11.8 Å².